The second-order valence-electron chi connectivity index (χ2n) is 4.81. The molecule has 0 amide bonds. The molecule has 0 saturated heterocycles. The van der Waals surface area contributed by atoms with Crippen LogP contribution in [-0.4, -0.2) is 6.61 Å². The van der Waals surface area contributed by atoms with Gasteiger partial charge in [0.05, 0.1) is 17.7 Å². The van der Waals surface area contributed by atoms with E-state index in [0.29, 0.717) is 12.2 Å². The molecular formula is C22H16FeO6. The quantitative estimate of drug-likeness (QED) is 0.350. The Hall–Kier alpha value is -3.07. The summed E-state index contributed by atoms with van der Waals surface area (Å²) in [7, 11) is 0. The third kappa shape index (κ3) is 8.22. The summed E-state index contributed by atoms with van der Waals surface area (Å²) in [5, 5.41) is 0. The van der Waals surface area contributed by atoms with E-state index in [9.17, 15) is 4.79 Å². The molecule has 1 aromatic heterocycles. The summed E-state index contributed by atoms with van der Waals surface area (Å²) in [6, 6.07) is 21.1. The monoisotopic (exact) mass is 432 g/mol. The van der Waals surface area contributed by atoms with Crippen LogP contribution in [0.25, 0.3) is 22.3 Å². The molecule has 6 nitrogen and oxygen atoms in total. The van der Waals surface area contributed by atoms with E-state index in [0.717, 1.165) is 16.7 Å². The number of ether oxygens (including phenoxy) is 1. The van der Waals surface area contributed by atoms with Gasteiger partial charge >= 0.3 is 39.5 Å². The number of hydrogen-bond donors (Lipinski definition) is 0. The minimum atomic E-state index is -0.394. The van der Waals surface area contributed by atoms with E-state index in [-0.39, 0.29) is 23.0 Å². The van der Waals surface area contributed by atoms with Crippen LogP contribution in [0.2, 0.25) is 0 Å². The maximum absolute atomic E-state index is 12.3. The first-order valence-corrected chi connectivity index (χ1v) is 7.82. The van der Waals surface area contributed by atoms with Gasteiger partial charge in [-0.2, -0.15) is 0 Å². The van der Waals surface area contributed by atoms with Gasteiger partial charge < -0.3 is 9.15 Å². The zero-order valence-corrected chi connectivity index (χ0v) is 16.5. The van der Waals surface area contributed by atoms with Crippen molar-refractivity contribution in [3.05, 3.63) is 97.1 Å². The van der Waals surface area contributed by atoms with Crippen LogP contribution in [-0.2, 0) is 31.0 Å². The van der Waals surface area contributed by atoms with Gasteiger partial charge in [-0.3, -0.25) is 0 Å². The van der Waals surface area contributed by atoms with Crippen molar-refractivity contribution in [3.63, 3.8) is 0 Å². The standard InChI is InChI=1S/C19H16O3.3CO.Fe/c1-2-21-19-17(15-11-7-4-8-12-15)13-16(18(20)22-19)14-9-5-3-6-10-14;3*1-2;/h3-13H,2H2,1H3;;;;. The summed E-state index contributed by atoms with van der Waals surface area (Å²) >= 11 is 0. The maximum atomic E-state index is 12.3. The van der Waals surface area contributed by atoms with E-state index < -0.39 is 5.63 Å². The van der Waals surface area contributed by atoms with Gasteiger partial charge in [-0.15, -0.1) is 0 Å². The maximum Gasteiger partial charge on any atom is 0 e. The molecule has 0 radical (unpaired) electrons. The fourth-order valence-electron chi connectivity index (χ4n) is 2.33. The Labute approximate surface area is 179 Å². The van der Waals surface area contributed by atoms with Crippen LogP contribution >= 0.6 is 0 Å². The number of benzene rings is 2. The topological polar surface area (TPSA) is 99.1 Å². The summed E-state index contributed by atoms with van der Waals surface area (Å²) in [5.41, 5.74) is 2.70. The van der Waals surface area contributed by atoms with Crippen molar-refractivity contribution in [2.45, 2.75) is 6.92 Å². The molecule has 1 heterocycles. The van der Waals surface area contributed by atoms with Gasteiger partial charge in [0.15, 0.2) is 0 Å². The molecule has 0 atom stereocenters. The molecule has 2 aromatic carbocycles. The second-order valence-corrected chi connectivity index (χ2v) is 4.81. The molecule has 0 saturated carbocycles. The van der Waals surface area contributed by atoms with Crippen LogP contribution < -0.4 is 10.4 Å². The molecule has 0 aliphatic rings. The van der Waals surface area contributed by atoms with Crippen LogP contribution in [0, 0.1) is 20.0 Å². The van der Waals surface area contributed by atoms with E-state index in [4.69, 9.17) is 23.1 Å². The van der Waals surface area contributed by atoms with Gasteiger partial charge in [0, 0.05) is 17.1 Å². The summed E-state index contributed by atoms with van der Waals surface area (Å²) < 4.78 is 33.4. The first-order valence-electron chi connectivity index (χ1n) is 7.82. The van der Waals surface area contributed by atoms with Gasteiger partial charge in [-0.1, -0.05) is 60.7 Å². The molecule has 7 heteroatoms. The minimum absolute atomic E-state index is 0. The predicted octanol–water partition coefficient (Wildman–Crippen LogP) is 4.26. The van der Waals surface area contributed by atoms with Crippen molar-refractivity contribution in [2.24, 2.45) is 0 Å². The summed E-state index contributed by atoms with van der Waals surface area (Å²) in [6.45, 7) is 15.8. The Morgan fingerprint density at radius 2 is 1.21 bits per heavy atom. The van der Waals surface area contributed by atoms with Gasteiger partial charge in [0.25, 0.3) is 5.95 Å². The molecule has 0 aliphatic heterocycles. The summed E-state index contributed by atoms with van der Waals surface area (Å²) in [6.07, 6.45) is 0. The Morgan fingerprint density at radius 3 is 1.62 bits per heavy atom. The van der Waals surface area contributed by atoms with Crippen LogP contribution in [0.1, 0.15) is 6.92 Å². The Kier molecular flexibility index (Phi) is 16.6. The van der Waals surface area contributed by atoms with Crippen molar-refractivity contribution >= 4 is 0 Å². The fourth-order valence-corrected chi connectivity index (χ4v) is 2.33. The largest absolute Gasteiger partial charge is 0 e. The molecule has 0 aliphatic carbocycles. The zero-order chi connectivity index (χ0) is 21.4. The van der Waals surface area contributed by atoms with E-state index in [1.807, 2.05) is 73.7 Å². The van der Waals surface area contributed by atoms with E-state index >= 15 is 0 Å². The van der Waals surface area contributed by atoms with Crippen molar-refractivity contribution in [1.29, 1.82) is 0 Å². The van der Waals surface area contributed by atoms with Crippen molar-refractivity contribution in [2.75, 3.05) is 6.61 Å². The Morgan fingerprint density at radius 1 is 0.793 bits per heavy atom. The van der Waals surface area contributed by atoms with Crippen LogP contribution in [0.4, 0.5) is 0 Å². The van der Waals surface area contributed by atoms with Crippen LogP contribution in [0.15, 0.2) is 75.9 Å². The molecule has 0 N–H and O–H groups in total. The fraction of sp³-hybridized carbons (Fsp3) is 0.0909. The average Bonchev–Trinajstić information content (AvgIpc) is 2.79. The zero-order valence-electron chi connectivity index (χ0n) is 15.4. The smallest absolute Gasteiger partial charge is 0 e. The van der Waals surface area contributed by atoms with Crippen molar-refractivity contribution in [1.82, 2.24) is 0 Å². The SMILES string of the molecule is CCOc1oc(=O)c(-c2ccccc2)cc1-c1ccccc1.[C-]#[O+].[C-]#[O+].[C-]#[O+].[Fe]. The second kappa shape index (κ2) is 17.1. The van der Waals surface area contributed by atoms with E-state index in [2.05, 4.69) is 20.0 Å². The third-order valence-electron chi connectivity index (χ3n) is 3.36. The molecule has 0 bridgehead atoms. The van der Waals surface area contributed by atoms with Crippen LogP contribution in [0.3, 0.4) is 0 Å². The molecule has 3 aromatic rings. The van der Waals surface area contributed by atoms with Gasteiger partial charge in [-0.25, -0.2) is 4.79 Å². The predicted molar refractivity (Wildman–Crippen MR) is 98.8 cm³/mol. The molecule has 3 rings (SSSR count). The van der Waals surface area contributed by atoms with E-state index in [1.54, 1.807) is 0 Å². The van der Waals surface area contributed by atoms with Gasteiger partial charge in [0.1, 0.15) is 0 Å². The Balaban J connectivity index is 0. The molecule has 29 heavy (non-hydrogen) atoms. The molecule has 0 unspecified atom stereocenters. The molecular weight excluding hydrogens is 416 g/mol. The van der Waals surface area contributed by atoms with E-state index in [1.165, 1.54) is 0 Å². The third-order valence-corrected chi connectivity index (χ3v) is 3.36. The van der Waals surface area contributed by atoms with Crippen LogP contribution in [0.5, 0.6) is 5.95 Å². The van der Waals surface area contributed by atoms with Crippen molar-refractivity contribution < 1.29 is 40.2 Å². The summed E-state index contributed by atoms with van der Waals surface area (Å²) in [4.78, 5) is 12.3. The molecule has 0 fully saturated rings. The first-order chi connectivity index (χ1) is 13.8. The Bertz CT molecular complexity index is 930. The molecule has 0 spiro atoms. The first kappa shape index (κ1) is 28.1. The summed E-state index contributed by atoms with van der Waals surface area (Å²) in [5.74, 6) is 0.262. The van der Waals surface area contributed by atoms with Crippen molar-refractivity contribution in [3.8, 4) is 28.2 Å². The average molecular weight is 432 g/mol. The minimum Gasteiger partial charge on any atom is 0 e. The normalized spacial score (nSPS) is 8.10. The number of hydrogen-bond acceptors (Lipinski definition) is 3. The molecule has 148 valence electrons. The number of rotatable bonds is 4. The van der Waals surface area contributed by atoms with Gasteiger partial charge in [0.2, 0.25) is 0 Å². The van der Waals surface area contributed by atoms with Gasteiger partial charge in [-0.05, 0) is 24.1 Å².